The van der Waals surface area contributed by atoms with Gasteiger partial charge < -0.3 is 10.0 Å². The molecular weight excluding hydrogens is 365 g/mol. The lowest BCUT2D eigenvalue weighted by Gasteiger charge is -2.27. The molecule has 0 bridgehead atoms. The van der Waals surface area contributed by atoms with Crippen LogP contribution in [-0.4, -0.2) is 38.2 Å². The van der Waals surface area contributed by atoms with Gasteiger partial charge in [-0.15, -0.1) is 0 Å². The van der Waals surface area contributed by atoms with Crippen LogP contribution in [0.1, 0.15) is 23.4 Å². The van der Waals surface area contributed by atoms with E-state index in [9.17, 15) is 9.59 Å². The third-order valence-electron chi connectivity index (χ3n) is 4.14. The standard InChI is InChI=1S/C17H17Cl2N3O3/c18-14-3-1-11(7-15(14)19)8-16(23)21-5-6-22-13(10-21)9-12(20-22)2-4-17(24)25/h1,3,7,9H,2,4-6,8,10H2,(H,24,25). The molecule has 0 radical (unpaired) electrons. The van der Waals surface area contributed by atoms with Crippen LogP contribution in [0, 0.1) is 0 Å². The summed E-state index contributed by atoms with van der Waals surface area (Å²) in [5, 5.41) is 14.1. The maximum atomic E-state index is 12.5. The topological polar surface area (TPSA) is 75.4 Å². The average molecular weight is 382 g/mol. The van der Waals surface area contributed by atoms with Crippen molar-refractivity contribution in [1.29, 1.82) is 0 Å². The van der Waals surface area contributed by atoms with E-state index in [4.69, 9.17) is 28.3 Å². The summed E-state index contributed by atoms with van der Waals surface area (Å²) < 4.78 is 1.85. The first-order valence-corrected chi connectivity index (χ1v) is 8.67. The van der Waals surface area contributed by atoms with Gasteiger partial charge in [-0.2, -0.15) is 5.10 Å². The summed E-state index contributed by atoms with van der Waals surface area (Å²) in [4.78, 5) is 25.0. The Morgan fingerprint density at radius 3 is 2.68 bits per heavy atom. The van der Waals surface area contributed by atoms with Crippen LogP contribution >= 0.6 is 23.2 Å². The molecule has 1 aliphatic heterocycles. The van der Waals surface area contributed by atoms with Crippen LogP contribution in [0.5, 0.6) is 0 Å². The van der Waals surface area contributed by atoms with Gasteiger partial charge in [0.05, 0.1) is 47.4 Å². The zero-order valence-electron chi connectivity index (χ0n) is 13.4. The first-order valence-electron chi connectivity index (χ1n) is 7.91. The van der Waals surface area contributed by atoms with Gasteiger partial charge in [0.25, 0.3) is 0 Å². The largest absolute Gasteiger partial charge is 0.481 e. The Balaban J connectivity index is 1.64. The predicted octanol–water partition coefficient (Wildman–Crippen LogP) is 2.79. The molecule has 1 aromatic carbocycles. The summed E-state index contributed by atoms with van der Waals surface area (Å²) in [5.74, 6) is -0.831. The van der Waals surface area contributed by atoms with E-state index in [0.29, 0.717) is 36.1 Å². The predicted molar refractivity (Wildman–Crippen MR) is 93.8 cm³/mol. The van der Waals surface area contributed by atoms with E-state index in [1.807, 2.05) is 10.7 Å². The van der Waals surface area contributed by atoms with E-state index in [0.717, 1.165) is 17.0 Å². The highest BCUT2D eigenvalue weighted by molar-refractivity contribution is 6.42. The fourth-order valence-electron chi connectivity index (χ4n) is 2.83. The number of rotatable bonds is 5. The first-order chi connectivity index (χ1) is 11.9. The highest BCUT2D eigenvalue weighted by atomic mass is 35.5. The third-order valence-corrected chi connectivity index (χ3v) is 4.87. The number of benzene rings is 1. The Morgan fingerprint density at radius 2 is 1.96 bits per heavy atom. The van der Waals surface area contributed by atoms with Gasteiger partial charge in [0.15, 0.2) is 0 Å². The van der Waals surface area contributed by atoms with E-state index in [1.54, 1.807) is 23.1 Å². The fourth-order valence-corrected chi connectivity index (χ4v) is 3.15. The number of fused-ring (bicyclic) bond motifs is 1. The Labute approximate surface area is 154 Å². The molecule has 25 heavy (non-hydrogen) atoms. The van der Waals surface area contributed by atoms with Crippen LogP contribution in [0.25, 0.3) is 0 Å². The lowest BCUT2D eigenvalue weighted by molar-refractivity contribution is -0.137. The molecule has 0 atom stereocenters. The van der Waals surface area contributed by atoms with Gasteiger partial charge in [-0.25, -0.2) is 0 Å². The molecule has 0 fully saturated rings. The number of aliphatic carboxylic acids is 1. The number of carbonyl (C=O) groups is 2. The van der Waals surface area contributed by atoms with Crippen molar-refractivity contribution in [2.45, 2.75) is 32.4 Å². The average Bonchev–Trinajstić information content (AvgIpc) is 2.98. The maximum absolute atomic E-state index is 12.5. The Kier molecular flexibility index (Phi) is 5.30. The molecule has 6 nitrogen and oxygen atoms in total. The van der Waals surface area contributed by atoms with Crippen LogP contribution in [0.15, 0.2) is 24.3 Å². The second-order valence-electron chi connectivity index (χ2n) is 5.98. The number of carbonyl (C=O) groups excluding carboxylic acids is 1. The molecule has 1 N–H and O–H groups in total. The van der Waals surface area contributed by atoms with Crippen molar-refractivity contribution in [3.8, 4) is 0 Å². The van der Waals surface area contributed by atoms with Crippen molar-refractivity contribution in [1.82, 2.24) is 14.7 Å². The van der Waals surface area contributed by atoms with Gasteiger partial charge in [-0.05, 0) is 23.8 Å². The number of aromatic nitrogens is 2. The molecule has 3 rings (SSSR count). The van der Waals surface area contributed by atoms with Crippen molar-refractivity contribution in [3.05, 3.63) is 51.3 Å². The number of hydrogen-bond acceptors (Lipinski definition) is 3. The molecule has 1 aliphatic rings. The third kappa shape index (κ3) is 4.32. The summed E-state index contributed by atoms with van der Waals surface area (Å²) in [5.41, 5.74) is 2.49. The van der Waals surface area contributed by atoms with Crippen molar-refractivity contribution in [2.24, 2.45) is 0 Å². The fraction of sp³-hybridized carbons (Fsp3) is 0.353. The van der Waals surface area contributed by atoms with Crippen LogP contribution in [-0.2, 0) is 35.5 Å². The molecule has 0 saturated heterocycles. The van der Waals surface area contributed by atoms with Gasteiger partial charge in [-0.3, -0.25) is 14.3 Å². The highest BCUT2D eigenvalue weighted by Gasteiger charge is 2.22. The van der Waals surface area contributed by atoms with Crippen molar-refractivity contribution < 1.29 is 14.7 Å². The molecule has 0 spiro atoms. The zero-order chi connectivity index (χ0) is 18.0. The number of carboxylic acid groups (broad SMARTS) is 1. The molecule has 2 heterocycles. The lowest BCUT2D eigenvalue weighted by atomic mass is 10.1. The molecule has 0 aliphatic carbocycles. The molecule has 0 unspecified atom stereocenters. The molecular formula is C17H17Cl2N3O3. The number of aryl methyl sites for hydroxylation is 1. The Hall–Kier alpha value is -2.05. The van der Waals surface area contributed by atoms with Gasteiger partial charge >= 0.3 is 5.97 Å². The van der Waals surface area contributed by atoms with E-state index in [-0.39, 0.29) is 18.7 Å². The maximum Gasteiger partial charge on any atom is 0.303 e. The SMILES string of the molecule is O=C(O)CCc1cc2n(n1)CCN(C(=O)Cc1ccc(Cl)c(Cl)c1)C2. The second kappa shape index (κ2) is 7.45. The molecule has 1 aromatic heterocycles. The molecule has 132 valence electrons. The summed E-state index contributed by atoms with van der Waals surface area (Å²) in [6, 6.07) is 7.07. The van der Waals surface area contributed by atoms with Crippen LogP contribution in [0.4, 0.5) is 0 Å². The normalized spacial score (nSPS) is 13.6. The highest BCUT2D eigenvalue weighted by Crippen LogP contribution is 2.23. The minimum absolute atomic E-state index is 0.0120. The molecule has 0 saturated carbocycles. The smallest absolute Gasteiger partial charge is 0.303 e. The van der Waals surface area contributed by atoms with Gasteiger partial charge in [0.1, 0.15) is 0 Å². The second-order valence-corrected chi connectivity index (χ2v) is 6.80. The molecule has 2 aromatic rings. The van der Waals surface area contributed by atoms with Crippen LogP contribution in [0.3, 0.4) is 0 Å². The Morgan fingerprint density at radius 1 is 1.16 bits per heavy atom. The number of hydrogen-bond donors (Lipinski definition) is 1. The molecule has 1 amide bonds. The quantitative estimate of drug-likeness (QED) is 0.863. The van der Waals surface area contributed by atoms with E-state index in [2.05, 4.69) is 5.10 Å². The van der Waals surface area contributed by atoms with Crippen LogP contribution < -0.4 is 0 Å². The van der Waals surface area contributed by atoms with Crippen molar-refractivity contribution >= 4 is 35.1 Å². The lowest BCUT2D eigenvalue weighted by Crippen LogP contribution is -2.39. The van der Waals surface area contributed by atoms with Crippen molar-refractivity contribution in [2.75, 3.05) is 6.54 Å². The van der Waals surface area contributed by atoms with E-state index >= 15 is 0 Å². The van der Waals surface area contributed by atoms with E-state index < -0.39 is 5.97 Å². The van der Waals surface area contributed by atoms with Gasteiger partial charge in [0.2, 0.25) is 5.91 Å². The minimum atomic E-state index is -0.843. The molecule has 8 heteroatoms. The number of halogens is 2. The van der Waals surface area contributed by atoms with Crippen molar-refractivity contribution in [3.63, 3.8) is 0 Å². The number of carboxylic acids is 1. The summed E-state index contributed by atoms with van der Waals surface area (Å²) >= 11 is 11.9. The zero-order valence-corrected chi connectivity index (χ0v) is 14.9. The summed E-state index contributed by atoms with van der Waals surface area (Å²) in [7, 11) is 0. The minimum Gasteiger partial charge on any atom is -0.481 e. The monoisotopic (exact) mass is 381 g/mol. The van der Waals surface area contributed by atoms with Crippen LogP contribution in [0.2, 0.25) is 10.0 Å². The summed E-state index contributed by atoms with van der Waals surface area (Å²) in [6.07, 6.45) is 0.708. The van der Waals surface area contributed by atoms with Gasteiger partial charge in [-0.1, -0.05) is 29.3 Å². The van der Waals surface area contributed by atoms with E-state index in [1.165, 1.54) is 0 Å². The first kappa shape index (κ1) is 17.8. The summed E-state index contributed by atoms with van der Waals surface area (Å²) in [6.45, 7) is 1.66. The van der Waals surface area contributed by atoms with Gasteiger partial charge in [0, 0.05) is 13.0 Å². The number of amides is 1. The number of nitrogens with zero attached hydrogens (tertiary/aromatic N) is 3. The Bertz CT molecular complexity index is 819.